The van der Waals surface area contributed by atoms with Crippen molar-refractivity contribution in [2.75, 3.05) is 78.5 Å². The molecular formula is C47H109N11O. The zero-order chi connectivity index (χ0) is 45.0. The summed E-state index contributed by atoms with van der Waals surface area (Å²) < 4.78 is 0. The molecule has 12 nitrogen and oxygen atoms in total. The number of nitrogens with two attached hydrogens (primary N) is 10. The summed E-state index contributed by atoms with van der Waals surface area (Å²) in [5.74, 6) is 6.41. The number of nitrogens with one attached hydrogen (secondary N) is 1. The van der Waals surface area contributed by atoms with E-state index in [0.717, 1.165) is 123 Å². The van der Waals surface area contributed by atoms with Gasteiger partial charge in [-0.05, 0) is 220 Å². The Morgan fingerprint density at radius 1 is 0.339 bits per heavy atom. The van der Waals surface area contributed by atoms with E-state index >= 15 is 0 Å². The van der Waals surface area contributed by atoms with Crippen LogP contribution in [0.4, 0.5) is 0 Å². The first-order valence-corrected chi connectivity index (χ1v) is 24.8. The van der Waals surface area contributed by atoms with E-state index < -0.39 is 0 Å². The Kier molecular flexibility index (Phi) is 41.4. The van der Waals surface area contributed by atoms with E-state index in [2.05, 4.69) is 39.9 Å². The van der Waals surface area contributed by atoms with Crippen LogP contribution in [0.2, 0.25) is 0 Å². The normalized spacial score (nSPS) is 18.7. The molecule has 0 fully saturated rings. The first-order chi connectivity index (χ1) is 28.4. The highest BCUT2D eigenvalue weighted by atomic mass is 16.3. The highest BCUT2D eigenvalue weighted by Gasteiger charge is 2.25. The number of rotatable bonds is 40. The smallest absolute Gasteiger partial charge is 0.0662 e. The minimum Gasteiger partial charge on any atom is -0.392 e. The summed E-state index contributed by atoms with van der Waals surface area (Å²) in [6.45, 7) is 22.1. The van der Waals surface area contributed by atoms with Crippen molar-refractivity contribution in [2.24, 2.45) is 128 Å². The Hall–Kier alpha value is -0.480. The average molecular weight is 844 g/mol. The van der Waals surface area contributed by atoms with Gasteiger partial charge in [-0.3, -0.25) is 0 Å². The first-order valence-electron chi connectivity index (χ1n) is 24.8. The molecule has 0 aliphatic carbocycles. The van der Waals surface area contributed by atoms with Gasteiger partial charge < -0.3 is 67.8 Å². The molecule has 59 heavy (non-hydrogen) atoms. The van der Waals surface area contributed by atoms with Gasteiger partial charge in [0, 0.05) is 6.54 Å². The molecule has 0 saturated carbocycles. The maximum Gasteiger partial charge on any atom is 0.0662 e. The molecule has 0 spiro atoms. The van der Waals surface area contributed by atoms with Gasteiger partial charge in [-0.1, -0.05) is 67.2 Å². The topological polar surface area (TPSA) is 292 Å². The second kappa shape index (κ2) is 40.3. The summed E-state index contributed by atoms with van der Waals surface area (Å²) >= 11 is 0. The van der Waals surface area contributed by atoms with E-state index in [1.54, 1.807) is 0 Å². The quantitative estimate of drug-likeness (QED) is 0.0412. The van der Waals surface area contributed by atoms with Gasteiger partial charge in [0.2, 0.25) is 0 Å². The van der Waals surface area contributed by atoms with Crippen LogP contribution < -0.4 is 62.7 Å². The minimum atomic E-state index is -0.278. The highest BCUT2D eigenvalue weighted by Crippen LogP contribution is 2.31. The lowest BCUT2D eigenvalue weighted by atomic mass is 9.79. The third kappa shape index (κ3) is 30.3. The van der Waals surface area contributed by atoms with Crippen molar-refractivity contribution in [3.8, 4) is 0 Å². The number of hydrogen-bond acceptors (Lipinski definition) is 12. The first kappa shape index (κ1) is 60.6. The van der Waals surface area contributed by atoms with Gasteiger partial charge >= 0.3 is 0 Å². The zero-order valence-corrected chi connectivity index (χ0v) is 40.0. The molecule has 22 N–H and O–H groups in total. The molecular weight excluding hydrogens is 735 g/mol. The van der Waals surface area contributed by atoms with E-state index in [1.165, 1.54) is 19.3 Å². The fourth-order valence-electron chi connectivity index (χ4n) is 9.63. The van der Waals surface area contributed by atoms with Crippen molar-refractivity contribution in [3.63, 3.8) is 0 Å². The minimum absolute atomic E-state index is 0.278. The third-order valence-corrected chi connectivity index (χ3v) is 13.9. The molecule has 0 aromatic heterocycles. The van der Waals surface area contributed by atoms with Gasteiger partial charge in [-0.15, -0.1) is 0 Å². The Morgan fingerprint density at radius 3 is 0.915 bits per heavy atom. The van der Waals surface area contributed by atoms with Crippen LogP contribution in [0.5, 0.6) is 0 Å². The Balaban J connectivity index is 0. The second-order valence-corrected chi connectivity index (χ2v) is 19.1. The highest BCUT2D eigenvalue weighted by molar-refractivity contribution is 4.80. The van der Waals surface area contributed by atoms with Crippen LogP contribution in [0.1, 0.15) is 144 Å². The van der Waals surface area contributed by atoms with Gasteiger partial charge in [0.1, 0.15) is 0 Å². The van der Waals surface area contributed by atoms with E-state index in [-0.39, 0.29) is 6.10 Å². The van der Waals surface area contributed by atoms with Crippen LogP contribution in [0.15, 0.2) is 0 Å². The van der Waals surface area contributed by atoms with E-state index in [0.29, 0.717) is 110 Å². The van der Waals surface area contributed by atoms with Gasteiger partial charge in [0.05, 0.1) is 6.10 Å². The van der Waals surface area contributed by atoms with Crippen LogP contribution in [0.3, 0.4) is 0 Å². The van der Waals surface area contributed by atoms with E-state index in [9.17, 15) is 5.11 Å². The Labute approximate surface area is 366 Å². The Morgan fingerprint density at radius 2 is 0.610 bits per heavy atom. The summed E-state index contributed by atoms with van der Waals surface area (Å²) in [7, 11) is 0. The molecule has 13 atom stereocenters. The van der Waals surface area contributed by atoms with E-state index in [4.69, 9.17) is 57.3 Å². The predicted octanol–water partition coefficient (Wildman–Crippen LogP) is 4.27. The van der Waals surface area contributed by atoms with Crippen LogP contribution in [0, 0.1) is 71.0 Å². The van der Waals surface area contributed by atoms with Crippen molar-refractivity contribution in [2.45, 2.75) is 150 Å². The number of hydrogen-bond donors (Lipinski definition) is 12. The molecule has 0 aromatic rings. The molecule has 13 unspecified atom stereocenters. The SMILES string of the molecule is CCC(O)CNCC(CC(CN)CC(C)CC(CC)CN)CC(CN)CC(CC)CN.CCCC(CN)CC(CN)CC(CN)CC(CN)CC(CN)CC(CC)CN. The van der Waals surface area contributed by atoms with Crippen molar-refractivity contribution in [1.29, 1.82) is 0 Å². The zero-order valence-electron chi connectivity index (χ0n) is 40.0. The molecule has 0 aliphatic heterocycles. The molecule has 0 bridgehead atoms. The van der Waals surface area contributed by atoms with Crippen LogP contribution in [-0.4, -0.2) is 89.7 Å². The van der Waals surface area contributed by atoms with Crippen LogP contribution in [-0.2, 0) is 0 Å². The molecule has 0 saturated heterocycles. The van der Waals surface area contributed by atoms with Crippen molar-refractivity contribution >= 4 is 0 Å². The summed E-state index contributed by atoms with van der Waals surface area (Å²) in [6, 6.07) is 0. The standard InChI is InChI=1S/C25H57N5O.C22H52N6/c1-5-20(13-26)8-19(4)9-22(15-28)11-24(17-30-18-25(31)7-3)12-23(16-29)10-21(6-2)14-27;1-3-5-18(12-24)7-20(14-26)9-22(16-28)10-21(15-27)8-19(13-25)6-17(4-2)11-23/h19-25,30-31H,5-18,26-29H2,1-4H3;17-22H,3-16,23-28H2,1-2H3. The van der Waals surface area contributed by atoms with Gasteiger partial charge in [0.15, 0.2) is 0 Å². The molecule has 0 aliphatic rings. The lowest BCUT2D eigenvalue weighted by molar-refractivity contribution is 0.161. The molecule has 0 rings (SSSR count). The predicted molar refractivity (Wildman–Crippen MR) is 259 cm³/mol. The van der Waals surface area contributed by atoms with E-state index in [1.807, 2.05) is 6.92 Å². The maximum absolute atomic E-state index is 9.93. The Bertz CT molecular complexity index is 864. The van der Waals surface area contributed by atoms with Gasteiger partial charge in [0.25, 0.3) is 0 Å². The van der Waals surface area contributed by atoms with Crippen LogP contribution in [0.25, 0.3) is 0 Å². The molecule has 0 amide bonds. The van der Waals surface area contributed by atoms with Crippen LogP contribution >= 0.6 is 0 Å². The lowest BCUT2D eigenvalue weighted by Crippen LogP contribution is -2.34. The van der Waals surface area contributed by atoms with Crippen molar-refractivity contribution < 1.29 is 5.11 Å². The summed E-state index contributed by atoms with van der Waals surface area (Å²) in [6.07, 6.45) is 17.4. The largest absolute Gasteiger partial charge is 0.392 e. The van der Waals surface area contributed by atoms with Crippen molar-refractivity contribution in [1.82, 2.24) is 5.32 Å². The van der Waals surface area contributed by atoms with Crippen molar-refractivity contribution in [3.05, 3.63) is 0 Å². The molecule has 0 heterocycles. The molecule has 0 aromatic carbocycles. The third-order valence-electron chi connectivity index (χ3n) is 13.9. The fraction of sp³-hybridized carbons (Fsp3) is 1.00. The molecule has 0 radical (unpaired) electrons. The number of aliphatic hydroxyl groups is 1. The second-order valence-electron chi connectivity index (χ2n) is 19.1. The summed E-state index contributed by atoms with van der Waals surface area (Å²) in [5, 5.41) is 13.4. The van der Waals surface area contributed by atoms with Gasteiger partial charge in [-0.25, -0.2) is 0 Å². The molecule has 358 valence electrons. The monoisotopic (exact) mass is 844 g/mol. The summed E-state index contributed by atoms with van der Waals surface area (Å²) in [5.41, 5.74) is 60.6. The maximum atomic E-state index is 9.93. The summed E-state index contributed by atoms with van der Waals surface area (Å²) in [4.78, 5) is 0. The molecule has 12 heteroatoms. The lowest BCUT2D eigenvalue weighted by Gasteiger charge is -2.30. The van der Waals surface area contributed by atoms with Gasteiger partial charge in [-0.2, -0.15) is 0 Å². The fourth-order valence-corrected chi connectivity index (χ4v) is 9.63. The average Bonchev–Trinajstić information content (AvgIpc) is 3.26. The number of aliphatic hydroxyl groups excluding tert-OH is 1.